The Balaban J connectivity index is 0. The SMILES string of the molecule is Cl.Cl.NCCc1nnc(CO)s1. The van der Waals surface area contributed by atoms with Crippen LogP contribution in [0.25, 0.3) is 0 Å². The highest BCUT2D eigenvalue weighted by atomic mass is 35.5. The Morgan fingerprint density at radius 2 is 1.83 bits per heavy atom. The van der Waals surface area contributed by atoms with Crippen LogP contribution in [-0.4, -0.2) is 21.8 Å². The summed E-state index contributed by atoms with van der Waals surface area (Å²) in [7, 11) is 0. The molecule has 0 aliphatic rings. The summed E-state index contributed by atoms with van der Waals surface area (Å²) in [5.74, 6) is 0. The average molecular weight is 232 g/mol. The van der Waals surface area contributed by atoms with Crippen molar-refractivity contribution in [1.82, 2.24) is 10.2 Å². The third kappa shape index (κ3) is 4.18. The second kappa shape index (κ2) is 7.70. The third-order valence-corrected chi connectivity index (χ3v) is 1.97. The molecule has 0 saturated carbocycles. The van der Waals surface area contributed by atoms with E-state index in [0.717, 1.165) is 11.4 Å². The van der Waals surface area contributed by atoms with Crippen LogP contribution in [0.3, 0.4) is 0 Å². The summed E-state index contributed by atoms with van der Waals surface area (Å²) in [4.78, 5) is 0. The Hall–Kier alpha value is 0.0600. The van der Waals surface area contributed by atoms with Gasteiger partial charge in [0, 0.05) is 6.42 Å². The van der Waals surface area contributed by atoms with E-state index >= 15 is 0 Å². The second-order valence-electron chi connectivity index (χ2n) is 1.79. The van der Waals surface area contributed by atoms with Crippen molar-refractivity contribution in [1.29, 1.82) is 0 Å². The van der Waals surface area contributed by atoms with Gasteiger partial charge in [0.05, 0.1) is 6.61 Å². The fourth-order valence-corrected chi connectivity index (χ4v) is 1.30. The predicted octanol–water partition coefficient (Wildman–Crippen LogP) is 0.375. The first-order valence-corrected chi connectivity index (χ1v) is 3.80. The number of rotatable bonds is 3. The average Bonchev–Trinajstić information content (AvgIpc) is 2.37. The molecular weight excluding hydrogens is 221 g/mol. The molecular formula is C5H11Cl2N3OS. The molecule has 72 valence electrons. The predicted molar refractivity (Wildman–Crippen MR) is 53.1 cm³/mol. The van der Waals surface area contributed by atoms with Crippen LogP contribution in [0.4, 0.5) is 0 Å². The van der Waals surface area contributed by atoms with Crippen LogP contribution in [0.5, 0.6) is 0 Å². The number of aromatic nitrogens is 2. The standard InChI is InChI=1S/C5H9N3OS.2ClH/c6-2-1-4-7-8-5(3-9)10-4;;/h9H,1-3,6H2;2*1H. The van der Waals surface area contributed by atoms with Crippen LogP contribution >= 0.6 is 36.2 Å². The van der Waals surface area contributed by atoms with Gasteiger partial charge in [0.1, 0.15) is 10.0 Å². The molecule has 0 bridgehead atoms. The summed E-state index contributed by atoms with van der Waals surface area (Å²) >= 11 is 1.41. The number of nitrogens with two attached hydrogens (primary N) is 1. The summed E-state index contributed by atoms with van der Waals surface area (Å²) < 4.78 is 0. The highest BCUT2D eigenvalue weighted by Gasteiger charge is 2.00. The molecule has 3 N–H and O–H groups in total. The molecule has 4 nitrogen and oxygen atoms in total. The van der Waals surface area contributed by atoms with E-state index in [-0.39, 0.29) is 31.4 Å². The lowest BCUT2D eigenvalue weighted by Gasteiger charge is -1.84. The Morgan fingerprint density at radius 1 is 1.25 bits per heavy atom. The van der Waals surface area contributed by atoms with E-state index in [4.69, 9.17) is 10.8 Å². The van der Waals surface area contributed by atoms with Gasteiger partial charge < -0.3 is 10.8 Å². The third-order valence-electron chi connectivity index (χ3n) is 1.00. The molecule has 0 fully saturated rings. The van der Waals surface area contributed by atoms with Crippen LogP contribution in [0.1, 0.15) is 10.0 Å². The maximum absolute atomic E-state index is 8.60. The van der Waals surface area contributed by atoms with Gasteiger partial charge in [-0.2, -0.15) is 0 Å². The van der Waals surface area contributed by atoms with Crippen LogP contribution in [0.15, 0.2) is 0 Å². The first kappa shape index (κ1) is 14.6. The van der Waals surface area contributed by atoms with Crippen molar-refractivity contribution >= 4 is 36.2 Å². The number of halogens is 2. The molecule has 1 aromatic heterocycles. The number of aliphatic hydroxyl groups is 1. The number of aliphatic hydroxyl groups excluding tert-OH is 1. The number of nitrogens with zero attached hydrogens (tertiary/aromatic N) is 2. The van der Waals surface area contributed by atoms with Gasteiger partial charge in [0.2, 0.25) is 0 Å². The first-order chi connectivity index (χ1) is 4.86. The lowest BCUT2D eigenvalue weighted by atomic mass is 10.5. The lowest BCUT2D eigenvalue weighted by Crippen LogP contribution is -2.01. The molecule has 0 unspecified atom stereocenters. The van der Waals surface area contributed by atoms with Crippen LogP contribution in [-0.2, 0) is 13.0 Å². The molecule has 1 aromatic rings. The zero-order chi connectivity index (χ0) is 7.40. The summed E-state index contributed by atoms with van der Waals surface area (Å²) in [6.45, 7) is 0.558. The minimum Gasteiger partial charge on any atom is -0.389 e. The highest BCUT2D eigenvalue weighted by Crippen LogP contribution is 2.08. The van der Waals surface area contributed by atoms with Crippen molar-refractivity contribution in [2.24, 2.45) is 5.73 Å². The Labute approximate surface area is 87.0 Å². The van der Waals surface area contributed by atoms with Gasteiger partial charge in [-0.1, -0.05) is 11.3 Å². The minimum atomic E-state index is -0.0256. The van der Waals surface area contributed by atoms with Crippen LogP contribution in [0.2, 0.25) is 0 Å². The second-order valence-corrected chi connectivity index (χ2v) is 2.93. The fourth-order valence-electron chi connectivity index (χ4n) is 0.577. The molecule has 0 spiro atoms. The number of hydrogen-bond donors (Lipinski definition) is 2. The van der Waals surface area contributed by atoms with Crippen molar-refractivity contribution in [2.45, 2.75) is 13.0 Å². The Bertz CT molecular complexity index is 208. The monoisotopic (exact) mass is 231 g/mol. The summed E-state index contributed by atoms with van der Waals surface area (Å²) in [5.41, 5.74) is 5.29. The van der Waals surface area contributed by atoms with Crippen molar-refractivity contribution in [2.75, 3.05) is 6.54 Å². The minimum absolute atomic E-state index is 0. The van der Waals surface area contributed by atoms with Gasteiger partial charge in [0.25, 0.3) is 0 Å². The van der Waals surface area contributed by atoms with Gasteiger partial charge in [-0.25, -0.2) is 0 Å². The summed E-state index contributed by atoms with van der Waals surface area (Å²) in [5, 5.41) is 17.7. The van der Waals surface area contributed by atoms with Crippen LogP contribution in [0, 0.1) is 0 Å². The number of hydrogen-bond acceptors (Lipinski definition) is 5. The first-order valence-electron chi connectivity index (χ1n) is 2.99. The van der Waals surface area contributed by atoms with Crippen LogP contribution < -0.4 is 5.73 Å². The topological polar surface area (TPSA) is 72.0 Å². The molecule has 0 saturated heterocycles. The molecule has 12 heavy (non-hydrogen) atoms. The largest absolute Gasteiger partial charge is 0.389 e. The van der Waals surface area contributed by atoms with E-state index in [1.165, 1.54) is 11.3 Å². The molecule has 0 aliphatic carbocycles. The molecule has 7 heteroatoms. The van der Waals surface area contributed by atoms with Gasteiger partial charge in [-0.05, 0) is 6.54 Å². The molecule has 0 aromatic carbocycles. The molecule has 0 atom stereocenters. The fraction of sp³-hybridized carbons (Fsp3) is 0.600. The van der Waals surface area contributed by atoms with Gasteiger partial charge in [-0.15, -0.1) is 35.0 Å². The molecule has 0 amide bonds. The van der Waals surface area contributed by atoms with E-state index < -0.39 is 0 Å². The normalized spacial score (nSPS) is 8.50. The lowest BCUT2D eigenvalue weighted by molar-refractivity contribution is 0.280. The zero-order valence-electron chi connectivity index (χ0n) is 6.27. The quantitative estimate of drug-likeness (QED) is 0.790. The highest BCUT2D eigenvalue weighted by molar-refractivity contribution is 7.11. The summed E-state index contributed by atoms with van der Waals surface area (Å²) in [6, 6.07) is 0. The smallest absolute Gasteiger partial charge is 0.143 e. The van der Waals surface area contributed by atoms with E-state index in [1.807, 2.05) is 0 Å². The maximum atomic E-state index is 8.60. The Morgan fingerprint density at radius 3 is 2.25 bits per heavy atom. The Kier molecular flexibility index (Phi) is 9.35. The van der Waals surface area contributed by atoms with Crippen molar-refractivity contribution in [3.8, 4) is 0 Å². The maximum Gasteiger partial charge on any atom is 0.143 e. The van der Waals surface area contributed by atoms with Gasteiger partial charge >= 0.3 is 0 Å². The van der Waals surface area contributed by atoms with E-state index in [1.54, 1.807) is 0 Å². The van der Waals surface area contributed by atoms with Crippen molar-refractivity contribution < 1.29 is 5.11 Å². The molecule has 0 radical (unpaired) electrons. The zero-order valence-corrected chi connectivity index (χ0v) is 8.71. The van der Waals surface area contributed by atoms with Crippen molar-refractivity contribution in [3.63, 3.8) is 0 Å². The molecule has 1 rings (SSSR count). The van der Waals surface area contributed by atoms with Gasteiger partial charge in [0.15, 0.2) is 0 Å². The van der Waals surface area contributed by atoms with Gasteiger partial charge in [-0.3, -0.25) is 0 Å². The van der Waals surface area contributed by atoms with E-state index in [2.05, 4.69) is 10.2 Å². The molecule has 1 heterocycles. The van der Waals surface area contributed by atoms with E-state index in [9.17, 15) is 0 Å². The van der Waals surface area contributed by atoms with E-state index in [0.29, 0.717) is 11.6 Å². The summed E-state index contributed by atoms with van der Waals surface area (Å²) in [6.07, 6.45) is 0.748. The molecule has 0 aliphatic heterocycles. The van der Waals surface area contributed by atoms with Crippen molar-refractivity contribution in [3.05, 3.63) is 10.0 Å².